The fraction of sp³-hybridized carbons (Fsp3) is 1.00. The largest absolute Gasteiger partial charge is 0.295 e. The van der Waals surface area contributed by atoms with Gasteiger partial charge in [0.2, 0.25) is 0 Å². The van der Waals surface area contributed by atoms with Gasteiger partial charge >= 0.3 is 0 Å². The van der Waals surface area contributed by atoms with Crippen LogP contribution >= 0.6 is 0 Å². The summed E-state index contributed by atoms with van der Waals surface area (Å²) < 4.78 is 0. The maximum Gasteiger partial charge on any atom is 0.118 e. The predicted molar refractivity (Wildman–Crippen MR) is 34.2 cm³/mol. The van der Waals surface area contributed by atoms with Gasteiger partial charge in [-0.3, -0.25) is 10.2 Å². The Hall–Kier alpha value is -0.120. The van der Waals surface area contributed by atoms with Crippen molar-refractivity contribution in [2.45, 2.75) is 26.0 Å². The van der Waals surface area contributed by atoms with E-state index in [0.717, 1.165) is 13.1 Å². The predicted octanol–water partition coefficient (Wildman–Crippen LogP) is 0.569. The van der Waals surface area contributed by atoms with Crippen LogP contribution in [-0.4, -0.2) is 35.4 Å². The van der Waals surface area contributed by atoms with Crippen LogP contribution in [-0.2, 0) is 4.89 Å². The van der Waals surface area contributed by atoms with E-state index in [1.807, 2.05) is 0 Å². The Morgan fingerprint density at radius 3 is 2.44 bits per heavy atom. The maximum absolute atomic E-state index is 8.16. The molecule has 1 fully saturated rings. The van der Waals surface area contributed by atoms with Crippen molar-refractivity contribution < 1.29 is 10.1 Å². The molecule has 3 heteroatoms. The topological polar surface area (TPSA) is 32.7 Å². The van der Waals surface area contributed by atoms with E-state index in [1.165, 1.54) is 0 Å². The van der Waals surface area contributed by atoms with Crippen molar-refractivity contribution in [2.75, 3.05) is 13.1 Å². The van der Waals surface area contributed by atoms with Crippen LogP contribution in [0, 0.1) is 0 Å². The number of hydrogen-bond donors (Lipinski definition) is 1. The first-order valence-electron chi connectivity index (χ1n) is 3.28. The quantitative estimate of drug-likeness (QED) is 0.439. The first kappa shape index (κ1) is 6.99. The van der Waals surface area contributed by atoms with E-state index in [9.17, 15) is 0 Å². The van der Waals surface area contributed by atoms with Gasteiger partial charge in [-0.2, -0.15) is 0 Å². The standard InChI is InChI=1S/C6H13NO2/c1-5(2)7-3-6(4-7)9-8/h5-6,8H,3-4H2,1-2H3. The van der Waals surface area contributed by atoms with Gasteiger partial charge in [-0.1, -0.05) is 0 Å². The summed E-state index contributed by atoms with van der Waals surface area (Å²) in [5.74, 6) is 0. The Kier molecular flexibility index (Phi) is 2.05. The second-order valence-electron chi connectivity index (χ2n) is 2.78. The molecule has 0 bridgehead atoms. The molecule has 0 atom stereocenters. The fourth-order valence-electron chi connectivity index (χ4n) is 0.958. The van der Waals surface area contributed by atoms with E-state index < -0.39 is 0 Å². The molecule has 0 radical (unpaired) electrons. The lowest BCUT2D eigenvalue weighted by Crippen LogP contribution is -2.54. The number of hydrogen-bond acceptors (Lipinski definition) is 3. The van der Waals surface area contributed by atoms with Gasteiger partial charge in [0, 0.05) is 19.1 Å². The summed E-state index contributed by atoms with van der Waals surface area (Å²) in [6.07, 6.45) is 0.0624. The van der Waals surface area contributed by atoms with Crippen LogP contribution < -0.4 is 0 Å². The molecule has 54 valence electrons. The zero-order valence-electron chi connectivity index (χ0n) is 5.87. The van der Waals surface area contributed by atoms with Gasteiger partial charge in [0.05, 0.1) is 0 Å². The molecule has 0 aromatic carbocycles. The lowest BCUT2D eigenvalue weighted by Gasteiger charge is -2.39. The summed E-state index contributed by atoms with van der Waals surface area (Å²) in [5, 5.41) is 8.16. The van der Waals surface area contributed by atoms with Crippen LogP contribution in [0.5, 0.6) is 0 Å². The molecule has 0 aliphatic carbocycles. The third kappa shape index (κ3) is 1.41. The molecule has 0 unspecified atom stereocenters. The SMILES string of the molecule is CC(C)N1CC(OO)C1. The Morgan fingerprint density at radius 1 is 1.56 bits per heavy atom. The van der Waals surface area contributed by atoms with Gasteiger partial charge in [0.15, 0.2) is 0 Å². The van der Waals surface area contributed by atoms with Gasteiger partial charge in [0.25, 0.3) is 0 Å². The molecule has 0 aromatic rings. The summed E-state index contributed by atoms with van der Waals surface area (Å²) in [6.45, 7) is 6.00. The first-order chi connectivity index (χ1) is 4.24. The van der Waals surface area contributed by atoms with Crippen molar-refractivity contribution in [1.82, 2.24) is 4.90 Å². The van der Waals surface area contributed by atoms with Gasteiger partial charge in [-0.15, -0.1) is 0 Å². The second-order valence-corrected chi connectivity index (χ2v) is 2.78. The van der Waals surface area contributed by atoms with Gasteiger partial charge < -0.3 is 0 Å². The van der Waals surface area contributed by atoms with Crippen molar-refractivity contribution in [3.63, 3.8) is 0 Å². The van der Waals surface area contributed by atoms with E-state index >= 15 is 0 Å². The highest BCUT2D eigenvalue weighted by Crippen LogP contribution is 2.13. The average molecular weight is 131 g/mol. The average Bonchev–Trinajstić information content (AvgIpc) is 1.61. The van der Waals surface area contributed by atoms with E-state index in [4.69, 9.17) is 5.26 Å². The third-order valence-corrected chi connectivity index (χ3v) is 1.76. The molecule has 1 N–H and O–H groups in total. The lowest BCUT2D eigenvalue weighted by molar-refractivity contribution is -0.305. The van der Waals surface area contributed by atoms with Crippen molar-refractivity contribution in [3.05, 3.63) is 0 Å². The Morgan fingerprint density at radius 2 is 2.11 bits per heavy atom. The van der Waals surface area contributed by atoms with Crippen LogP contribution in [0.4, 0.5) is 0 Å². The van der Waals surface area contributed by atoms with Crippen molar-refractivity contribution in [3.8, 4) is 0 Å². The number of rotatable bonds is 2. The Labute approximate surface area is 55.2 Å². The Bertz CT molecular complexity index is 89.1. The van der Waals surface area contributed by atoms with E-state index in [2.05, 4.69) is 23.6 Å². The van der Waals surface area contributed by atoms with Gasteiger partial charge in [-0.05, 0) is 13.8 Å². The summed E-state index contributed by atoms with van der Waals surface area (Å²) in [7, 11) is 0. The van der Waals surface area contributed by atoms with Crippen molar-refractivity contribution in [1.29, 1.82) is 0 Å². The van der Waals surface area contributed by atoms with Crippen LogP contribution in [0.2, 0.25) is 0 Å². The lowest BCUT2D eigenvalue weighted by atomic mass is 10.1. The molecule has 0 saturated carbocycles. The molecule has 0 amide bonds. The molecule has 1 heterocycles. The van der Waals surface area contributed by atoms with E-state index in [-0.39, 0.29) is 6.10 Å². The second kappa shape index (κ2) is 2.64. The molecule has 0 spiro atoms. The molecule has 3 nitrogen and oxygen atoms in total. The third-order valence-electron chi connectivity index (χ3n) is 1.76. The normalized spacial score (nSPS) is 22.7. The van der Waals surface area contributed by atoms with Crippen LogP contribution in [0.15, 0.2) is 0 Å². The molecule has 0 aromatic heterocycles. The smallest absolute Gasteiger partial charge is 0.118 e. The Balaban J connectivity index is 2.12. The molecular weight excluding hydrogens is 118 g/mol. The number of nitrogens with zero attached hydrogens (tertiary/aromatic N) is 1. The molecule has 1 aliphatic heterocycles. The van der Waals surface area contributed by atoms with Gasteiger partial charge in [-0.25, -0.2) is 4.89 Å². The van der Waals surface area contributed by atoms with E-state index in [1.54, 1.807) is 0 Å². The molecule has 1 aliphatic rings. The highest BCUT2D eigenvalue weighted by molar-refractivity contribution is 4.81. The molecule has 9 heavy (non-hydrogen) atoms. The molecule has 1 rings (SSSR count). The minimum absolute atomic E-state index is 0.0624. The maximum atomic E-state index is 8.16. The zero-order valence-corrected chi connectivity index (χ0v) is 5.87. The first-order valence-corrected chi connectivity index (χ1v) is 3.28. The van der Waals surface area contributed by atoms with Crippen molar-refractivity contribution >= 4 is 0 Å². The zero-order chi connectivity index (χ0) is 6.85. The number of likely N-dealkylation sites (tertiary alicyclic amines) is 1. The summed E-state index contributed by atoms with van der Waals surface area (Å²) in [4.78, 5) is 6.36. The highest BCUT2D eigenvalue weighted by atomic mass is 17.1. The van der Waals surface area contributed by atoms with Gasteiger partial charge in [0.1, 0.15) is 6.10 Å². The summed E-state index contributed by atoms with van der Waals surface area (Å²) in [6, 6.07) is 0.580. The van der Waals surface area contributed by atoms with E-state index in [0.29, 0.717) is 6.04 Å². The summed E-state index contributed by atoms with van der Waals surface area (Å²) in [5.41, 5.74) is 0. The highest BCUT2D eigenvalue weighted by Gasteiger charge is 2.28. The van der Waals surface area contributed by atoms with Crippen LogP contribution in [0.1, 0.15) is 13.8 Å². The molecule has 1 saturated heterocycles. The fourth-order valence-corrected chi connectivity index (χ4v) is 0.958. The minimum Gasteiger partial charge on any atom is -0.295 e. The summed E-state index contributed by atoms with van der Waals surface area (Å²) >= 11 is 0. The van der Waals surface area contributed by atoms with Crippen LogP contribution in [0.25, 0.3) is 0 Å². The molecular formula is C6H13NO2. The monoisotopic (exact) mass is 131 g/mol. The minimum atomic E-state index is 0.0624. The van der Waals surface area contributed by atoms with Crippen LogP contribution in [0.3, 0.4) is 0 Å². The van der Waals surface area contributed by atoms with Crippen molar-refractivity contribution in [2.24, 2.45) is 0 Å².